The third-order valence-corrected chi connectivity index (χ3v) is 7.33. The van der Waals surface area contributed by atoms with E-state index in [1.54, 1.807) is 18.2 Å². The highest BCUT2D eigenvalue weighted by Gasteiger charge is 2.41. The molecule has 3 atom stereocenters. The minimum atomic E-state index is -0.549. The molecule has 1 saturated carbocycles. The second-order valence-electron chi connectivity index (χ2n) is 8.83. The molecule has 0 radical (unpaired) electrons. The molecule has 3 fully saturated rings. The van der Waals surface area contributed by atoms with Gasteiger partial charge >= 0.3 is 5.97 Å². The number of carbonyl (C=O) groups is 2. The number of carbonyl (C=O) groups excluding carboxylic acids is 2. The summed E-state index contributed by atoms with van der Waals surface area (Å²) in [5.74, 6) is -0.320. The van der Waals surface area contributed by atoms with Crippen LogP contribution >= 0.6 is 12.6 Å². The summed E-state index contributed by atoms with van der Waals surface area (Å²) in [6, 6.07) is 5.90. The smallest absolute Gasteiger partial charge is 0.323 e. The van der Waals surface area contributed by atoms with Gasteiger partial charge in [-0.25, -0.2) is 4.39 Å². The number of esters is 1. The van der Waals surface area contributed by atoms with Crippen LogP contribution in [0.3, 0.4) is 0 Å². The number of likely N-dealkylation sites (tertiary alicyclic amines) is 2. The standard InChI is InChI=1S/C24H31FN2O3S/c1-30-24(29)20-7-4-12-26(20)13-10-17-15-27(14-11-21(17)31)22(23(28)16-8-9-16)18-5-2-3-6-19(18)25/h2-3,5-6,10,16,20-22,31H,4,7-9,11-15H2,1H3/t20-,21?,22?/m0/s1. The molecule has 5 nitrogen and oxygen atoms in total. The lowest BCUT2D eigenvalue weighted by Crippen LogP contribution is -2.43. The zero-order chi connectivity index (χ0) is 22.0. The quantitative estimate of drug-likeness (QED) is 0.395. The van der Waals surface area contributed by atoms with Crippen LogP contribution in [0.5, 0.6) is 0 Å². The number of rotatable bonds is 7. The van der Waals surface area contributed by atoms with E-state index in [0.29, 0.717) is 25.2 Å². The number of nitrogens with zero attached hydrogens (tertiary/aromatic N) is 2. The molecule has 1 aliphatic carbocycles. The molecule has 4 rings (SSSR count). The number of thiol groups is 1. The first-order valence-electron chi connectivity index (χ1n) is 11.2. The van der Waals surface area contributed by atoms with E-state index in [9.17, 15) is 14.0 Å². The molecule has 2 saturated heterocycles. The van der Waals surface area contributed by atoms with Gasteiger partial charge in [-0.1, -0.05) is 24.3 Å². The van der Waals surface area contributed by atoms with Crippen molar-refractivity contribution >= 4 is 24.4 Å². The monoisotopic (exact) mass is 446 g/mol. The van der Waals surface area contributed by atoms with Crippen LogP contribution in [0.15, 0.2) is 35.9 Å². The fourth-order valence-electron chi connectivity index (χ4n) is 4.81. The zero-order valence-electron chi connectivity index (χ0n) is 18.0. The van der Waals surface area contributed by atoms with Gasteiger partial charge in [0.1, 0.15) is 11.9 Å². The highest BCUT2D eigenvalue weighted by atomic mass is 32.1. The second kappa shape index (κ2) is 9.84. The van der Waals surface area contributed by atoms with Crippen molar-refractivity contribution in [1.82, 2.24) is 9.80 Å². The van der Waals surface area contributed by atoms with Gasteiger partial charge in [0.25, 0.3) is 0 Å². The van der Waals surface area contributed by atoms with Crippen LogP contribution in [0.25, 0.3) is 0 Å². The third-order valence-electron chi connectivity index (χ3n) is 6.74. The van der Waals surface area contributed by atoms with Gasteiger partial charge in [0.2, 0.25) is 0 Å². The average Bonchev–Trinajstić information content (AvgIpc) is 3.52. The van der Waals surface area contributed by atoms with Crippen LogP contribution in [0.2, 0.25) is 0 Å². The largest absolute Gasteiger partial charge is 0.468 e. The Kier molecular flexibility index (Phi) is 7.14. The van der Waals surface area contributed by atoms with Gasteiger partial charge in [-0.3, -0.25) is 19.4 Å². The number of ketones is 1. The topological polar surface area (TPSA) is 49.9 Å². The fraction of sp³-hybridized carbons (Fsp3) is 0.583. The molecule has 168 valence electrons. The number of methoxy groups -OCH3 is 1. The zero-order valence-corrected chi connectivity index (χ0v) is 18.9. The predicted molar refractivity (Wildman–Crippen MR) is 121 cm³/mol. The molecular weight excluding hydrogens is 415 g/mol. The maximum Gasteiger partial charge on any atom is 0.323 e. The summed E-state index contributed by atoms with van der Waals surface area (Å²) >= 11 is 4.77. The number of benzene rings is 1. The molecule has 3 aliphatic rings. The molecule has 0 aromatic heterocycles. The number of hydrogen-bond acceptors (Lipinski definition) is 6. The van der Waals surface area contributed by atoms with Gasteiger partial charge in [-0.15, -0.1) is 0 Å². The Morgan fingerprint density at radius 3 is 2.71 bits per heavy atom. The Morgan fingerprint density at radius 1 is 1.23 bits per heavy atom. The Labute approximate surface area is 189 Å². The number of hydrogen-bond donors (Lipinski definition) is 1. The van der Waals surface area contributed by atoms with Crippen molar-refractivity contribution in [1.29, 1.82) is 0 Å². The van der Waals surface area contributed by atoms with E-state index in [4.69, 9.17) is 17.4 Å². The molecule has 2 unspecified atom stereocenters. The first kappa shape index (κ1) is 22.5. The van der Waals surface area contributed by atoms with Gasteiger partial charge in [-0.05, 0) is 50.3 Å². The highest BCUT2D eigenvalue weighted by Crippen LogP contribution is 2.39. The van der Waals surface area contributed by atoms with E-state index in [-0.39, 0.29) is 34.8 Å². The van der Waals surface area contributed by atoms with Crippen molar-refractivity contribution < 1.29 is 18.7 Å². The van der Waals surface area contributed by atoms with Crippen LogP contribution in [0.4, 0.5) is 4.39 Å². The molecule has 1 aromatic rings. The van der Waals surface area contributed by atoms with Crippen molar-refractivity contribution in [3.63, 3.8) is 0 Å². The lowest BCUT2D eigenvalue weighted by atomic mass is 9.93. The first-order valence-corrected chi connectivity index (χ1v) is 11.7. The molecule has 1 aromatic carbocycles. The Balaban J connectivity index is 1.52. The number of halogens is 1. The van der Waals surface area contributed by atoms with Crippen molar-refractivity contribution in [3.05, 3.63) is 47.3 Å². The number of piperidine rings is 1. The van der Waals surface area contributed by atoms with E-state index in [2.05, 4.69) is 15.9 Å². The van der Waals surface area contributed by atoms with Crippen LogP contribution in [0.1, 0.15) is 43.7 Å². The van der Waals surface area contributed by atoms with E-state index >= 15 is 0 Å². The van der Waals surface area contributed by atoms with Gasteiger partial charge in [0, 0.05) is 36.4 Å². The van der Waals surface area contributed by atoms with Crippen molar-refractivity contribution in [3.8, 4) is 0 Å². The summed E-state index contributed by atoms with van der Waals surface area (Å²) in [5.41, 5.74) is 1.61. The van der Waals surface area contributed by atoms with Crippen molar-refractivity contribution in [2.45, 2.75) is 49.4 Å². The molecule has 0 amide bonds. The fourth-order valence-corrected chi connectivity index (χ4v) is 5.12. The molecule has 2 aliphatic heterocycles. The van der Waals surface area contributed by atoms with Crippen molar-refractivity contribution in [2.24, 2.45) is 5.92 Å². The van der Waals surface area contributed by atoms with Crippen LogP contribution < -0.4 is 0 Å². The van der Waals surface area contributed by atoms with Crippen molar-refractivity contribution in [2.75, 3.05) is 33.3 Å². The first-order chi connectivity index (χ1) is 15.0. The minimum absolute atomic E-state index is 0.0520. The van der Waals surface area contributed by atoms with Crippen LogP contribution in [-0.2, 0) is 14.3 Å². The number of Topliss-reactive ketones (excluding diaryl/α,β-unsaturated/α-hetero) is 1. The molecular formula is C24H31FN2O3S. The Hall–Kier alpha value is -1.70. The molecule has 0 bridgehead atoms. The molecule has 0 N–H and O–H groups in total. The SMILES string of the molecule is COC(=O)[C@@H]1CCCN1CC=C1CN(C(C(=O)C2CC2)c2ccccc2F)CCC1S. The third kappa shape index (κ3) is 5.04. The van der Waals surface area contributed by atoms with E-state index < -0.39 is 6.04 Å². The van der Waals surface area contributed by atoms with Gasteiger partial charge < -0.3 is 4.74 Å². The maximum absolute atomic E-state index is 14.7. The molecule has 0 spiro atoms. The summed E-state index contributed by atoms with van der Waals surface area (Å²) in [6.45, 7) is 2.81. The van der Waals surface area contributed by atoms with Gasteiger partial charge in [-0.2, -0.15) is 12.6 Å². The summed E-state index contributed by atoms with van der Waals surface area (Å²) in [5, 5.41) is 0.104. The summed E-state index contributed by atoms with van der Waals surface area (Å²) in [6.07, 6.45) is 6.55. The summed E-state index contributed by atoms with van der Waals surface area (Å²) < 4.78 is 19.6. The van der Waals surface area contributed by atoms with E-state index in [1.807, 2.05) is 0 Å². The second-order valence-corrected chi connectivity index (χ2v) is 9.45. The predicted octanol–water partition coefficient (Wildman–Crippen LogP) is 3.41. The Morgan fingerprint density at radius 2 is 2.00 bits per heavy atom. The minimum Gasteiger partial charge on any atom is -0.468 e. The number of ether oxygens (including phenoxy) is 1. The van der Waals surface area contributed by atoms with Gasteiger partial charge in [0.15, 0.2) is 5.78 Å². The summed E-state index contributed by atoms with van der Waals surface area (Å²) in [4.78, 5) is 29.4. The van der Waals surface area contributed by atoms with E-state index in [1.165, 1.54) is 13.2 Å². The van der Waals surface area contributed by atoms with E-state index in [0.717, 1.165) is 44.2 Å². The summed E-state index contributed by atoms with van der Waals surface area (Å²) in [7, 11) is 1.43. The molecule has 2 heterocycles. The Bertz CT molecular complexity index is 857. The maximum atomic E-state index is 14.7. The van der Waals surface area contributed by atoms with Gasteiger partial charge in [0.05, 0.1) is 13.2 Å². The normalized spacial score (nSPS) is 27.4. The average molecular weight is 447 g/mol. The van der Waals surface area contributed by atoms with Crippen LogP contribution in [-0.4, -0.2) is 66.1 Å². The lowest BCUT2D eigenvalue weighted by molar-refractivity contribution is -0.145. The molecule has 7 heteroatoms. The molecule has 31 heavy (non-hydrogen) atoms. The lowest BCUT2D eigenvalue weighted by Gasteiger charge is -2.38. The van der Waals surface area contributed by atoms with Crippen LogP contribution in [0, 0.1) is 11.7 Å². The highest BCUT2D eigenvalue weighted by molar-refractivity contribution is 7.81.